The standard InChI is InChI=1S/C24H32N4O2/c1-19(29)25-26-24(30)13-8-20-4-9-22(10-5-20)23-11-6-21(7-12-23)18-28-15-3-14-27(2)16-17-28/h4-7,9-12H,3,8,13-18H2,1-2H3,(H,25,29)(H,26,30). The van der Waals surface area contributed by atoms with Crippen molar-refractivity contribution in [2.75, 3.05) is 33.2 Å². The van der Waals surface area contributed by atoms with Crippen molar-refractivity contribution in [2.45, 2.75) is 32.7 Å². The van der Waals surface area contributed by atoms with Gasteiger partial charge >= 0.3 is 0 Å². The van der Waals surface area contributed by atoms with E-state index in [1.54, 1.807) is 0 Å². The Morgan fingerprint density at radius 2 is 1.47 bits per heavy atom. The van der Waals surface area contributed by atoms with Gasteiger partial charge in [-0.1, -0.05) is 48.5 Å². The van der Waals surface area contributed by atoms with Crippen LogP contribution in [0.2, 0.25) is 0 Å². The van der Waals surface area contributed by atoms with Crippen LogP contribution in [-0.2, 0) is 22.6 Å². The van der Waals surface area contributed by atoms with E-state index in [1.807, 2.05) is 0 Å². The zero-order valence-electron chi connectivity index (χ0n) is 18.0. The lowest BCUT2D eigenvalue weighted by atomic mass is 10.0. The van der Waals surface area contributed by atoms with Crippen molar-refractivity contribution in [3.05, 3.63) is 59.7 Å². The van der Waals surface area contributed by atoms with Crippen molar-refractivity contribution in [1.29, 1.82) is 0 Å². The second kappa shape index (κ2) is 10.9. The number of hydrogen-bond acceptors (Lipinski definition) is 4. The molecule has 0 saturated carbocycles. The first kappa shape index (κ1) is 22.0. The molecule has 2 N–H and O–H groups in total. The lowest BCUT2D eigenvalue weighted by Crippen LogP contribution is -2.40. The van der Waals surface area contributed by atoms with Crippen LogP contribution in [0.4, 0.5) is 0 Å². The molecule has 160 valence electrons. The monoisotopic (exact) mass is 408 g/mol. The van der Waals surface area contributed by atoms with Crippen LogP contribution in [0, 0.1) is 0 Å². The van der Waals surface area contributed by atoms with Crippen LogP contribution in [0.1, 0.15) is 30.9 Å². The quantitative estimate of drug-likeness (QED) is 0.721. The molecule has 0 aromatic heterocycles. The Morgan fingerprint density at radius 3 is 2.10 bits per heavy atom. The van der Waals surface area contributed by atoms with Gasteiger partial charge in [0.1, 0.15) is 0 Å². The van der Waals surface area contributed by atoms with E-state index in [4.69, 9.17) is 0 Å². The molecule has 1 saturated heterocycles. The maximum atomic E-state index is 11.7. The van der Waals surface area contributed by atoms with Crippen LogP contribution >= 0.6 is 0 Å². The summed E-state index contributed by atoms with van der Waals surface area (Å²) in [6.07, 6.45) is 2.20. The number of benzene rings is 2. The van der Waals surface area contributed by atoms with Crippen LogP contribution in [0.15, 0.2) is 48.5 Å². The van der Waals surface area contributed by atoms with Crippen LogP contribution in [0.25, 0.3) is 11.1 Å². The summed E-state index contributed by atoms with van der Waals surface area (Å²) < 4.78 is 0. The van der Waals surface area contributed by atoms with Gasteiger partial charge in [-0.25, -0.2) is 0 Å². The van der Waals surface area contributed by atoms with E-state index in [2.05, 4.69) is 76.2 Å². The Balaban J connectivity index is 1.51. The molecule has 2 aromatic carbocycles. The van der Waals surface area contributed by atoms with E-state index in [9.17, 15) is 9.59 Å². The zero-order chi connectivity index (χ0) is 21.3. The molecular formula is C24H32N4O2. The fourth-order valence-electron chi connectivity index (χ4n) is 3.66. The highest BCUT2D eigenvalue weighted by atomic mass is 16.2. The van der Waals surface area contributed by atoms with E-state index < -0.39 is 0 Å². The Labute approximate surface area is 179 Å². The van der Waals surface area contributed by atoms with Gasteiger partial charge in [-0.05, 0) is 55.2 Å². The minimum absolute atomic E-state index is 0.194. The largest absolute Gasteiger partial charge is 0.305 e. The van der Waals surface area contributed by atoms with Gasteiger partial charge in [0.15, 0.2) is 0 Å². The van der Waals surface area contributed by atoms with Crippen LogP contribution in [-0.4, -0.2) is 54.8 Å². The van der Waals surface area contributed by atoms with Gasteiger partial charge < -0.3 is 4.90 Å². The van der Waals surface area contributed by atoms with E-state index in [-0.39, 0.29) is 11.8 Å². The molecule has 1 fully saturated rings. The Kier molecular flexibility index (Phi) is 7.99. The molecule has 3 rings (SSSR count). The molecule has 0 atom stereocenters. The molecular weight excluding hydrogens is 376 g/mol. The number of rotatable bonds is 6. The van der Waals surface area contributed by atoms with Crippen LogP contribution in [0.5, 0.6) is 0 Å². The average molecular weight is 409 g/mol. The van der Waals surface area contributed by atoms with E-state index in [1.165, 1.54) is 36.6 Å². The number of hydrazine groups is 1. The third-order valence-electron chi connectivity index (χ3n) is 5.48. The van der Waals surface area contributed by atoms with Crippen molar-refractivity contribution in [1.82, 2.24) is 20.7 Å². The molecule has 0 bridgehead atoms. The molecule has 0 aliphatic carbocycles. The van der Waals surface area contributed by atoms with Gasteiger partial charge in [0.2, 0.25) is 11.8 Å². The molecule has 1 aliphatic heterocycles. The summed E-state index contributed by atoms with van der Waals surface area (Å²) in [4.78, 5) is 27.4. The van der Waals surface area contributed by atoms with Crippen LogP contribution in [0.3, 0.4) is 0 Å². The van der Waals surface area contributed by atoms with E-state index >= 15 is 0 Å². The fourth-order valence-corrected chi connectivity index (χ4v) is 3.66. The molecule has 1 heterocycles. The minimum Gasteiger partial charge on any atom is -0.305 e. The third kappa shape index (κ3) is 6.97. The zero-order valence-corrected chi connectivity index (χ0v) is 18.0. The number of amides is 2. The smallest absolute Gasteiger partial charge is 0.238 e. The lowest BCUT2D eigenvalue weighted by molar-refractivity contribution is -0.127. The molecule has 0 spiro atoms. The van der Waals surface area contributed by atoms with E-state index in [0.29, 0.717) is 12.8 Å². The Hall–Kier alpha value is -2.70. The number of nitrogens with zero attached hydrogens (tertiary/aromatic N) is 2. The predicted molar refractivity (Wildman–Crippen MR) is 120 cm³/mol. The van der Waals surface area contributed by atoms with Crippen molar-refractivity contribution >= 4 is 11.8 Å². The van der Waals surface area contributed by atoms with Crippen molar-refractivity contribution in [3.63, 3.8) is 0 Å². The summed E-state index contributed by atoms with van der Waals surface area (Å²) in [5.74, 6) is -0.473. The van der Waals surface area contributed by atoms with Crippen LogP contribution < -0.4 is 10.9 Å². The van der Waals surface area contributed by atoms with Crippen molar-refractivity contribution in [3.8, 4) is 11.1 Å². The summed E-state index contributed by atoms with van der Waals surface area (Å²) >= 11 is 0. The number of hydrogen-bond donors (Lipinski definition) is 2. The van der Waals surface area contributed by atoms with Gasteiger partial charge in [0.25, 0.3) is 0 Å². The Morgan fingerprint density at radius 1 is 0.833 bits per heavy atom. The molecule has 6 nitrogen and oxygen atoms in total. The van der Waals surface area contributed by atoms with Gasteiger partial charge in [-0.2, -0.15) is 0 Å². The van der Waals surface area contributed by atoms with Gasteiger partial charge in [0, 0.05) is 33.0 Å². The third-order valence-corrected chi connectivity index (χ3v) is 5.48. The Bertz CT molecular complexity index is 833. The molecule has 30 heavy (non-hydrogen) atoms. The minimum atomic E-state index is -0.280. The highest BCUT2D eigenvalue weighted by molar-refractivity contribution is 5.80. The SMILES string of the molecule is CC(=O)NNC(=O)CCc1ccc(-c2ccc(CN3CCCN(C)CC3)cc2)cc1. The summed E-state index contributed by atoms with van der Waals surface area (Å²) in [7, 11) is 2.20. The van der Waals surface area contributed by atoms with E-state index in [0.717, 1.165) is 31.7 Å². The number of likely N-dealkylation sites (N-methyl/N-ethyl adjacent to an activating group) is 1. The first-order valence-electron chi connectivity index (χ1n) is 10.6. The molecule has 1 aliphatic rings. The fraction of sp³-hybridized carbons (Fsp3) is 0.417. The molecule has 6 heteroatoms. The van der Waals surface area contributed by atoms with Gasteiger partial charge in [-0.15, -0.1) is 0 Å². The van der Waals surface area contributed by atoms with Crippen molar-refractivity contribution < 1.29 is 9.59 Å². The normalized spacial score (nSPS) is 15.4. The van der Waals surface area contributed by atoms with Gasteiger partial charge in [0.05, 0.1) is 0 Å². The number of carbonyl (C=O) groups excluding carboxylic acids is 2. The lowest BCUT2D eigenvalue weighted by Gasteiger charge is -2.20. The average Bonchev–Trinajstić information content (AvgIpc) is 2.95. The molecule has 2 amide bonds. The summed E-state index contributed by atoms with van der Waals surface area (Å²) in [5.41, 5.74) is 9.51. The summed E-state index contributed by atoms with van der Waals surface area (Å²) in [6.45, 7) is 6.98. The maximum absolute atomic E-state index is 11.7. The second-order valence-electron chi connectivity index (χ2n) is 8.06. The number of nitrogens with one attached hydrogen (secondary N) is 2. The first-order chi connectivity index (χ1) is 14.5. The summed E-state index contributed by atoms with van der Waals surface area (Å²) in [6, 6.07) is 17.1. The highest BCUT2D eigenvalue weighted by Crippen LogP contribution is 2.21. The number of aryl methyl sites for hydroxylation is 1. The second-order valence-corrected chi connectivity index (χ2v) is 8.06. The topological polar surface area (TPSA) is 64.7 Å². The predicted octanol–water partition coefficient (Wildman–Crippen LogP) is 2.59. The maximum Gasteiger partial charge on any atom is 0.238 e. The molecule has 0 unspecified atom stereocenters. The van der Waals surface area contributed by atoms with Gasteiger partial charge in [-0.3, -0.25) is 25.3 Å². The highest BCUT2D eigenvalue weighted by Gasteiger charge is 2.12. The summed E-state index contributed by atoms with van der Waals surface area (Å²) in [5, 5.41) is 0. The first-order valence-corrected chi connectivity index (χ1v) is 10.6. The van der Waals surface area contributed by atoms with Crippen molar-refractivity contribution in [2.24, 2.45) is 0 Å². The molecule has 2 aromatic rings. The number of carbonyl (C=O) groups is 2. The molecule has 0 radical (unpaired) electrons.